The highest BCUT2D eigenvalue weighted by molar-refractivity contribution is 7.97. The molecule has 0 N–H and O–H groups in total. The number of hydrogen-bond acceptors (Lipinski definition) is 3. The summed E-state index contributed by atoms with van der Waals surface area (Å²) in [5.74, 6) is 2.79. The second-order valence-corrected chi connectivity index (χ2v) is 5.35. The molecule has 0 fully saturated rings. The number of aryl methyl sites for hydroxylation is 2. The molecule has 0 unspecified atom stereocenters. The van der Waals surface area contributed by atoms with E-state index in [1.807, 2.05) is 43.8 Å². The Kier molecular flexibility index (Phi) is 4.13. The second kappa shape index (κ2) is 5.61. The van der Waals surface area contributed by atoms with Crippen molar-refractivity contribution in [2.75, 3.05) is 0 Å². The molecule has 4 heteroatoms. The van der Waals surface area contributed by atoms with Gasteiger partial charge in [-0.05, 0) is 31.5 Å². The van der Waals surface area contributed by atoms with Gasteiger partial charge in [-0.3, -0.25) is 0 Å². The number of thioether (sulfide) groups is 1. The highest BCUT2D eigenvalue weighted by Gasteiger charge is 2.08. The van der Waals surface area contributed by atoms with E-state index in [4.69, 9.17) is 16.1 Å². The summed E-state index contributed by atoms with van der Waals surface area (Å²) in [6.45, 7) is 3.93. The molecule has 1 aromatic carbocycles. The minimum atomic E-state index is 0.792. The Hall–Kier alpha value is -0.930. The minimum Gasteiger partial charge on any atom is -0.361 e. The van der Waals surface area contributed by atoms with Crippen LogP contribution in [0.25, 0.3) is 0 Å². The zero-order valence-electron chi connectivity index (χ0n) is 9.87. The number of rotatable bonds is 4. The maximum absolute atomic E-state index is 5.94. The lowest BCUT2D eigenvalue weighted by molar-refractivity contribution is 0.392. The minimum absolute atomic E-state index is 0.792. The molecule has 90 valence electrons. The van der Waals surface area contributed by atoms with Gasteiger partial charge < -0.3 is 4.52 Å². The predicted octanol–water partition coefficient (Wildman–Crippen LogP) is 4.38. The van der Waals surface area contributed by atoms with Gasteiger partial charge in [0.05, 0.1) is 5.69 Å². The van der Waals surface area contributed by atoms with Crippen LogP contribution >= 0.6 is 23.4 Å². The number of hydrogen-bond donors (Lipinski definition) is 0. The van der Waals surface area contributed by atoms with E-state index in [9.17, 15) is 0 Å². The molecule has 2 rings (SSSR count). The van der Waals surface area contributed by atoms with Gasteiger partial charge in [-0.2, -0.15) is 11.8 Å². The molecule has 0 saturated carbocycles. The van der Waals surface area contributed by atoms with Crippen molar-refractivity contribution in [1.29, 1.82) is 0 Å². The monoisotopic (exact) mass is 267 g/mol. The Balaban J connectivity index is 1.92. The molecule has 1 aromatic heterocycles. The van der Waals surface area contributed by atoms with E-state index in [1.165, 1.54) is 11.1 Å². The Bertz CT molecular complexity index is 490. The first kappa shape index (κ1) is 12.5. The van der Waals surface area contributed by atoms with Crippen LogP contribution in [0.3, 0.4) is 0 Å². The lowest BCUT2D eigenvalue weighted by atomic mass is 10.2. The van der Waals surface area contributed by atoms with Crippen LogP contribution in [0, 0.1) is 13.8 Å². The van der Waals surface area contributed by atoms with Gasteiger partial charge in [0.15, 0.2) is 0 Å². The molecule has 2 aromatic rings. The molecule has 1 heterocycles. The van der Waals surface area contributed by atoms with Crippen LogP contribution in [0.4, 0.5) is 0 Å². The molecular formula is C13H14ClNOS. The van der Waals surface area contributed by atoms with Gasteiger partial charge in [0.1, 0.15) is 5.76 Å². The molecule has 0 amide bonds. The number of nitrogens with zero attached hydrogens (tertiary/aromatic N) is 1. The van der Waals surface area contributed by atoms with E-state index < -0.39 is 0 Å². The Morgan fingerprint density at radius 3 is 2.76 bits per heavy atom. The van der Waals surface area contributed by atoms with Gasteiger partial charge >= 0.3 is 0 Å². The smallest absolute Gasteiger partial charge is 0.137 e. The molecule has 0 bridgehead atoms. The van der Waals surface area contributed by atoms with Crippen LogP contribution in [0.1, 0.15) is 22.6 Å². The molecular weight excluding hydrogens is 254 g/mol. The Morgan fingerprint density at radius 2 is 2.12 bits per heavy atom. The molecule has 0 radical (unpaired) electrons. The molecule has 0 aliphatic carbocycles. The van der Waals surface area contributed by atoms with E-state index in [2.05, 4.69) is 11.2 Å². The van der Waals surface area contributed by atoms with Crippen molar-refractivity contribution < 1.29 is 4.52 Å². The van der Waals surface area contributed by atoms with Crippen molar-refractivity contribution in [3.8, 4) is 0 Å². The van der Waals surface area contributed by atoms with Gasteiger partial charge in [0.2, 0.25) is 0 Å². The lowest BCUT2D eigenvalue weighted by Gasteiger charge is -2.02. The summed E-state index contributed by atoms with van der Waals surface area (Å²) in [6.07, 6.45) is 0. The standard InChI is InChI=1S/C13H14ClNOS/c1-9-13(10(2)16-15-9)8-17-7-11-4-3-5-12(14)6-11/h3-6H,7-8H2,1-2H3. The highest BCUT2D eigenvalue weighted by atomic mass is 35.5. The van der Waals surface area contributed by atoms with Gasteiger partial charge in [-0.15, -0.1) is 0 Å². The molecule has 17 heavy (non-hydrogen) atoms. The fraction of sp³-hybridized carbons (Fsp3) is 0.308. The first-order valence-corrected chi connectivity index (χ1v) is 6.94. The van der Waals surface area contributed by atoms with Crippen LogP contribution in [-0.2, 0) is 11.5 Å². The van der Waals surface area contributed by atoms with Crippen molar-refractivity contribution >= 4 is 23.4 Å². The topological polar surface area (TPSA) is 26.0 Å². The summed E-state index contributed by atoms with van der Waals surface area (Å²) >= 11 is 7.78. The summed E-state index contributed by atoms with van der Waals surface area (Å²) in [4.78, 5) is 0. The number of benzene rings is 1. The number of aromatic nitrogens is 1. The van der Waals surface area contributed by atoms with Crippen molar-refractivity contribution in [3.63, 3.8) is 0 Å². The maximum atomic E-state index is 5.94. The highest BCUT2D eigenvalue weighted by Crippen LogP contribution is 2.23. The average Bonchev–Trinajstić information content (AvgIpc) is 2.61. The van der Waals surface area contributed by atoms with E-state index >= 15 is 0 Å². The van der Waals surface area contributed by atoms with Crippen molar-refractivity contribution in [3.05, 3.63) is 51.9 Å². The zero-order valence-corrected chi connectivity index (χ0v) is 11.4. The molecule has 0 saturated heterocycles. The largest absolute Gasteiger partial charge is 0.361 e. The summed E-state index contributed by atoms with van der Waals surface area (Å²) in [5.41, 5.74) is 3.44. The number of halogens is 1. The molecule has 0 spiro atoms. The molecule has 2 nitrogen and oxygen atoms in total. The van der Waals surface area contributed by atoms with Gasteiger partial charge in [0.25, 0.3) is 0 Å². The molecule has 0 aliphatic rings. The third-order valence-electron chi connectivity index (χ3n) is 2.59. The van der Waals surface area contributed by atoms with Crippen molar-refractivity contribution in [2.24, 2.45) is 0 Å². The van der Waals surface area contributed by atoms with Crippen LogP contribution in [0.5, 0.6) is 0 Å². The lowest BCUT2D eigenvalue weighted by Crippen LogP contribution is -1.86. The van der Waals surface area contributed by atoms with Crippen LogP contribution in [0.2, 0.25) is 5.02 Å². The summed E-state index contributed by atoms with van der Waals surface area (Å²) in [6, 6.07) is 7.96. The van der Waals surface area contributed by atoms with Gasteiger partial charge in [-0.25, -0.2) is 0 Å². The van der Waals surface area contributed by atoms with Crippen molar-refractivity contribution in [1.82, 2.24) is 5.16 Å². The van der Waals surface area contributed by atoms with Crippen LogP contribution in [0.15, 0.2) is 28.8 Å². The van der Waals surface area contributed by atoms with E-state index in [-0.39, 0.29) is 0 Å². The zero-order chi connectivity index (χ0) is 12.3. The molecule has 0 aliphatic heterocycles. The molecule has 0 atom stereocenters. The second-order valence-electron chi connectivity index (χ2n) is 3.93. The van der Waals surface area contributed by atoms with E-state index in [0.29, 0.717) is 0 Å². The average molecular weight is 268 g/mol. The van der Waals surface area contributed by atoms with E-state index in [1.54, 1.807) is 0 Å². The third-order valence-corrected chi connectivity index (χ3v) is 3.85. The van der Waals surface area contributed by atoms with Crippen LogP contribution < -0.4 is 0 Å². The quantitative estimate of drug-likeness (QED) is 0.822. The van der Waals surface area contributed by atoms with Gasteiger partial charge in [-0.1, -0.05) is 28.9 Å². The fourth-order valence-corrected chi connectivity index (χ4v) is 2.95. The Labute approximate surface area is 110 Å². The first-order chi connectivity index (χ1) is 8.16. The fourth-order valence-electron chi connectivity index (χ4n) is 1.61. The summed E-state index contributed by atoms with van der Waals surface area (Å²) in [7, 11) is 0. The predicted molar refractivity (Wildman–Crippen MR) is 72.4 cm³/mol. The first-order valence-electron chi connectivity index (χ1n) is 5.41. The SMILES string of the molecule is Cc1noc(C)c1CSCc1cccc(Cl)c1. The van der Waals surface area contributed by atoms with Crippen LogP contribution in [-0.4, -0.2) is 5.16 Å². The third kappa shape index (κ3) is 3.27. The van der Waals surface area contributed by atoms with E-state index in [0.717, 1.165) is 28.0 Å². The van der Waals surface area contributed by atoms with Crippen molar-refractivity contribution in [2.45, 2.75) is 25.4 Å². The Morgan fingerprint density at radius 1 is 1.29 bits per heavy atom. The summed E-state index contributed by atoms with van der Waals surface area (Å²) < 4.78 is 5.13. The van der Waals surface area contributed by atoms with Gasteiger partial charge in [0, 0.05) is 22.1 Å². The normalized spacial score (nSPS) is 10.8. The summed E-state index contributed by atoms with van der Waals surface area (Å²) in [5, 5.41) is 4.74. The maximum Gasteiger partial charge on any atom is 0.137 e.